The molecule has 0 spiro atoms. The van der Waals surface area contributed by atoms with Gasteiger partial charge in [-0.15, -0.1) is 11.8 Å². The maximum atomic E-state index is 8.57. The second kappa shape index (κ2) is 7.32. The lowest BCUT2D eigenvalue weighted by molar-refractivity contribution is 0.351. The van der Waals surface area contributed by atoms with Crippen molar-refractivity contribution >= 4 is 23.4 Å². The third kappa shape index (κ3) is 3.99. The Hall–Kier alpha value is -1.51. The molecule has 2 aromatic rings. The first kappa shape index (κ1) is 14.9. The molecule has 0 aliphatic rings. The third-order valence-corrected chi connectivity index (χ3v) is 4.30. The summed E-state index contributed by atoms with van der Waals surface area (Å²) in [4.78, 5) is 5.35. The minimum Gasteiger partial charge on any atom is -0.339 e. The van der Waals surface area contributed by atoms with Crippen molar-refractivity contribution in [1.29, 1.82) is 5.26 Å². The van der Waals surface area contributed by atoms with Gasteiger partial charge in [0.15, 0.2) is 5.82 Å². The molecule has 0 aliphatic heterocycles. The lowest BCUT2D eigenvalue weighted by Gasteiger charge is -2.01. The maximum Gasteiger partial charge on any atom is 0.229 e. The van der Waals surface area contributed by atoms with Crippen molar-refractivity contribution < 1.29 is 4.52 Å². The van der Waals surface area contributed by atoms with Gasteiger partial charge in [-0.1, -0.05) is 35.8 Å². The number of aromatic nitrogens is 2. The van der Waals surface area contributed by atoms with Gasteiger partial charge in [0.1, 0.15) is 0 Å². The van der Waals surface area contributed by atoms with Crippen LogP contribution in [0.15, 0.2) is 33.7 Å². The minimum absolute atomic E-state index is 0.112. The summed E-state index contributed by atoms with van der Waals surface area (Å²) in [5.41, 5.74) is 0. The number of rotatable bonds is 6. The van der Waals surface area contributed by atoms with Crippen molar-refractivity contribution in [1.82, 2.24) is 10.1 Å². The Balaban J connectivity index is 1.93. The first-order valence-electron chi connectivity index (χ1n) is 6.27. The molecule has 1 aromatic carbocycles. The van der Waals surface area contributed by atoms with E-state index in [-0.39, 0.29) is 5.92 Å². The van der Waals surface area contributed by atoms with Gasteiger partial charge in [0.05, 0.1) is 16.8 Å². The summed E-state index contributed by atoms with van der Waals surface area (Å²) in [5.74, 6) is 1.96. The van der Waals surface area contributed by atoms with Crippen LogP contribution in [-0.2, 0) is 5.75 Å². The smallest absolute Gasteiger partial charge is 0.229 e. The van der Waals surface area contributed by atoms with Crippen LogP contribution in [0.2, 0.25) is 5.02 Å². The van der Waals surface area contributed by atoms with Crippen LogP contribution in [0.4, 0.5) is 0 Å². The molecule has 0 N–H and O–H groups in total. The molecule has 104 valence electrons. The van der Waals surface area contributed by atoms with Crippen molar-refractivity contribution in [2.24, 2.45) is 0 Å². The molecule has 1 unspecified atom stereocenters. The number of benzene rings is 1. The highest BCUT2D eigenvalue weighted by Crippen LogP contribution is 2.29. The molecule has 0 radical (unpaired) electrons. The van der Waals surface area contributed by atoms with Crippen LogP contribution in [0.3, 0.4) is 0 Å². The summed E-state index contributed by atoms with van der Waals surface area (Å²) < 4.78 is 5.23. The third-order valence-electron chi connectivity index (χ3n) is 2.79. The van der Waals surface area contributed by atoms with E-state index in [1.807, 2.05) is 31.2 Å². The van der Waals surface area contributed by atoms with Crippen molar-refractivity contribution in [3.8, 4) is 6.07 Å². The van der Waals surface area contributed by atoms with Gasteiger partial charge in [-0.05, 0) is 18.6 Å². The van der Waals surface area contributed by atoms with E-state index >= 15 is 0 Å². The van der Waals surface area contributed by atoms with Crippen molar-refractivity contribution in [3.63, 3.8) is 0 Å². The van der Waals surface area contributed by atoms with Crippen molar-refractivity contribution in [2.75, 3.05) is 0 Å². The van der Waals surface area contributed by atoms with Gasteiger partial charge >= 0.3 is 0 Å². The molecule has 1 heterocycles. The largest absolute Gasteiger partial charge is 0.339 e. The van der Waals surface area contributed by atoms with E-state index in [4.69, 9.17) is 21.4 Å². The molecule has 0 aliphatic carbocycles. The number of halogens is 1. The van der Waals surface area contributed by atoms with Gasteiger partial charge in [0.25, 0.3) is 0 Å². The molecule has 0 saturated heterocycles. The number of thioether (sulfide) groups is 1. The molecule has 0 bridgehead atoms. The summed E-state index contributed by atoms with van der Waals surface area (Å²) in [6, 6.07) is 9.78. The second-order valence-electron chi connectivity index (χ2n) is 4.37. The number of hydrogen-bond donors (Lipinski definition) is 0. The van der Waals surface area contributed by atoms with E-state index in [0.29, 0.717) is 23.9 Å². The van der Waals surface area contributed by atoms with E-state index in [1.165, 1.54) is 0 Å². The fourth-order valence-electron chi connectivity index (χ4n) is 1.63. The van der Waals surface area contributed by atoms with E-state index in [1.54, 1.807) is 11.8 Å². The normalized spacial score (nSPS) is 12.1. The highest BCUT2D eigenvalue weighted by molar-refractivity contribution is 7.98. The topological polar surface area (TPSA) is 62.7 Å². The zero-order chi connectivity index (χ0) is 14.4. The van der Waals surface area contributed by atoms with Crippen LogP contribution in [0, 0.1) is 11.3 Å². The predicted molar refractivity (Wildman–Crippen MR) is 78.6 cm³/mol. The SMILES string of the molecule is CC(CCC#N)c1nc(CSc2ccccc2Cl)no1. The molecule has 6 heteroatoms. The summed E-state index contributed by atoms with van der Waals surface area (Å²) >= 11 is 7.66. The Bertz CT molecular complexity index is 608. The van der Waals surface area contributed by atoms with Crippen LogP contribution in [0.25, 0.3) is 0 Å². The molecule has 0 amide bonds. The lowest BCUT2D eigenvalue weighted by atomic mass is 10.1. The Morgan fingerprint density at radius 3 is 3.00 bits per heavy atom. The molecule has 1 atom stereocenters. The Kier molecular flexibility index (Phi) is 5.45. The standard InChI is InChI=1S/C14H14ClN3OS/c1-10(5-4-8-16)14-17-13(18-19-14)9-20-12-7-3-2-6-11(12)15/h2-3,6-7,10H,4-5,9H2,1H3. The maximum absolute atomic E-state index is 8.57. The van der Waals surface area contributed by atoms with Crippen molar-refractivity contribution in [2.45, 2.75) is 36.3 Å². The van der Waals surface area contributed by atoms with Gasteiger partial charge in [-0.3, -0.25) is 0 Å². The Morgan fingerprint density at radius 1 is 1.45 bits per heavy atom. The number of hydrogen-bond acceptors (Lipinski definition) is 5. The zero-order valence-electron chi connectivity index (χ0n) is 11.0. The monoisotopic (exact) mass is 307 g/mol. The van der Waals surface area contributed by atoms with Crippen LogP contribution >= 0.6 is 23.4 Å². The molecule has 0 fully saturated rings. The van der Waals surface area contributed by atoms with Gasteiger partial charge < -0.3 is 4.52 Å². The summed E-state index contributed by atoms with van der Waals surface area (Å²) in [7, 11) is 0. The molecular weight excluding hydrogens is 294 g/mol. The van der Waals surface area contributed by atoms with Crippen LogP contribution in [0.1, 0.15) is 37.4 Å². The Morgan fingerprint density at radius 2 is 2.25 bits per heavy atom. The molecule has 1 aromatic heterocycles. The molecule has 20 heavy (non-hydrogen) atoms. The van der Waals surface area contributed by atoms with E-state index in [0.717, 1.165) is 16.3 Å². The number of nitriles is 1. The van der Waals surface area contributed by atoms with Crippen molar-refractivity contribution in [3.05, 3.63) is 41.0 Å². The van der Waals surface area contributed by atoms with Gasteiger partial charge in [0.2, 0.25) is 5.89 Å². The predicted octanol–water partition coefficient (Wildman–Crippen LogP) is 4.42. The van der Waals surface area contributed by atoms with Crippen LogP contribution in [-0.4, -0.2) is 10.1 Å². The first-order valence-corrected chi connectivity index (χ1v) is 7.64. The van der Waals surface area contributed by atoms with Gasteiger partial charge in [-0.2, -0.15) is 10.2 Å². The summed E-state index contributed by atoms with van der Waals surface area (Å²) in [5, 5.41) is 13.3. The lowest BCUT2D eigenvalue weighted by Crippen LogP contribution is -1.94. The fraction of sp³-hybridized carbons (Fsp3) is 0.357. The van der Waals surface area contributed by atoms with Crippen LogP contribution < -0.4 is 0 Å². The van der Waals surface area contributed by atoms with Gasteiger partial charge in [-0.25, -0.2) is 0 Å². The average molecular weight is 308 g/mol. The quantitative estimate of drug-likeness (QED) is 0.739. The summed E-state index contributed by atoms with van der Waals surface area (Å²) in [6.07, 6.45) is 1.23. The molecule has 2 rings (SSSR count). The fourth-order valence-corrected chi connectivity index (χ4v) is 2.72. The molecule has 4 nitrogen and oxygen atoms in total. The van der Waals surface area contributed by atoms with E-state index in [2.05, 4.69) is 16.2 Å². The first-order chi connectivity index (χ1) is 9.70. The van der Waals surface area contributed by atoms with E-state index < -0.39 is 0 Å². The van der Waals surface area contributed by atoms with Crippen LogP contribution in [0.5, 0.6) is 0 Å². The average Bonchev–Trinajstić information content (AvgIpc) is 2.93. The van der Waals surface area contributed by atoms with E-state index in [9.17, 15) is 0 Å². The second-order valence-corrected chi connectivity index (χ2v) is 5.79. The minimum atomic E-state index is 0.112. The summed E-state index contributed by atoms with van der Waals surface area (Å²) in [6.45, 7) is 1.98. The molecular formula is C14H14ClN3OS. The zero-order valence-corrected chi connectivity index (χ0v) is 12.6. The molecule has 0 saturated carbocycles. The highest BCUT2D eigenvalue weighted by atomic mass is 35.5. The van der Waals surface area contributed by atoms with Gasteiger partial charge in [0, 0.05) is 17.2 Å². The highest BCUT2D eigenvalue weighted by Gasteiger charge is 2.14. The number of nitrogens with zero attached hydrogens (tertiary/aromatic N) is 3. The Labute approximate surface area is 127 Å².